The molecule has 1 aromatic heterocycles. The van der Waals surface area contributed by atoms with Crippen LogP contribution in [0.3, 0.4) is 0 Å². The Balaban J connectivity index is 2.14. The Labute approximate surface area is 127 Å². The largest absolute Gasteiger partial charge is 0.219 e. The third-order valence-electron chi connectivity index (χ3n) is 3.79. The summed E-state index contributed by atoms with van der Waals surface area (Å²) in [6.45, 7) is 0. The van der Waals surface area contributed by atoms with E-state index in [1.807, 2.05) is 18.2 Å². The molecule has 0 bridgehead atoms. The first-order valence-electron chi connectivity index (χ1n) is 6.65. The lowest BCUT2D eigenvalue weighted by Crippen LogP contribution is -2.00. The molecule has 20 heavy (non-hydrogen) atoms. The molecule has 0 spiro atoms. The zero-order valence-corrected chi connectivity index (χ0v) is 12.3. The average Bonchev–Trinajstić information content (AvgIpc) is 3.07. The SMILES string of the molecule is N#Cc1c(C2CCCC2)nn(-c2ccccc2Cl)c1Cl. The zero-order valence-electron chi connectivity index (χ0n) is 10.8. The Hall–Kier alpha value is -1.50. The Bertz CT molecular complexity index is 679. The maximum atomic E-state index is 9.37. The minimum atomic E-state index is 0.339. The maximum Gasteiger partial charge on any atom is 0.151 e. The number of para-hydroxylation sites is 1. The molecule has 0 unspecified atom stereocenters. The third-order valence-corrected chi connectivity index (χ3v) is 4.46. The fourth-order valence-electron chi connectivity index (χ4n) is 2.78. The summed E-state index contributed by atoms with van der Waals surface area (Å²) in [7, 11) is 0. The molecule has 1 aliphatic carbocycles. The number of hydrogen-bond acceptors (Lipinski definition) is 2. The van der Waals surface area contributed by atoms with E-state index in [0.717, 1.165) is 18.5 Å². The molecule has 5 heteroatoms. The van der Waals surface area contributed by atoms with Crippen LogP contribution >= 0.6 is 23.2 Å². The number of rotatable bonds is 2. The van der Waals surface area contributed by atoms with E-state index in [-0.39, 0.29) is 0 Å². The first-order chi connectivity index (χ1) is 9.72. The van der Waals surface area contributed by atoms with Crippen molar-refractivity contribution < 1.29 is 0 Å². The lowest BCUT2D eigenvalue weighted by molar-refractivity contribution is 0.677. The molecule has 0 N–H and O–H groups in total. The number of nitriles is 1. The number of halogens is 2. The van der Waals surface area contributed by atoms with Crippen molar-refractivity contribution in [1.82, 2.24) is 9.78 Å². The van der Waals surface area contributed by atoms with E-state index in [2.05, 4.69) is 11.2 Å². The monoisotopic (exact) mass is 305 g/mol. The van der Waals surface area contributed by atoms with Gasteiger partial charge in [0.1, 0.15) is 11.6 Å². The van der Waals surface area contributed by atoms with Gasteiger partial charge in [-0.25, -0.2) is 4.68 Å². The van der Waals surface area contributed by atoms with Crippen LogP contribution in [0.25, 0.3) is 5.69 Å². The average molecular weight is 306 g/mol. The Morgan fingerprint density at radius 3 is 2.55 bits per heavy atom. The summed E-state index contributed by atoms with van der Waals surface area (Å²) in [5.41, 5.74) is 2.01. The molecular formula is C15H13Cl2N3. The predicted molar refractivity (Wildman–Crippen MR) is 79.5 cm³/mol. The summed E-state index contributed by atoms with van der Waals surface area (Å²) in [5, 5.41) is 14.9. The van der Waals surface area contributed by atoms with Crippen molar-refractivity contribution in [3.63, 3.8) is 0 Å². The third kappa shape index (κ3) is 2.19. The number of aromatic nitrogens is 2. The highest BCUT2D eigenvalue weighted by atomic mass is 35.5. The Kier molecular flexibility index (Phi) is 3.69. The van der Waals surface area contributed by atoms with Crippen LogP contribution in [-0.4, -0.2) is 9.78 Å². The molecule has 1 aromatic carbocycles. The molecule has 0 saturated heterocycles. The zero-order chi connectivity index (χ0) is 14.1. The molecule has 3 nitrogen and oxygen atoms in total. The van der Waals surface area contributed by atoms with Gasteiger partial charge in [-0.3, -0.25) is 0 Å². The van der Waals surface area contributed by atoms with Crippen LogP contribution in [0.1, 0.15) is 42.9 Å². The fraction of sp³-hybridized carbons (Fsp3) is 0.333. The van der Waals surface area contributed by atoms with E-state index >= 15 is 0 Å². The number of hydrogen-bond donors (Lipinski definition) is 0. The normalized spacial score (nSPS) is 15.4. The van der Waals surface area contributed by atoms with E-state index in [0.29, 0.717) is 27.3 Å². The quantitative estimate of drug-likeness (QED) is 0.806. The maximum absolute atomic E-state index is 9.37. The highest BCUT2D eigenvalue weighted by Gasteiger charge is 2.27. The molecule has 1 fully saturated rings. The van der Waals surface area contributed by atoms with Crippen molar-refractivity contribution in [2.75, 3.05) is 0 Å². The first kappa shape index (κ1) is 13.5. The smallest absolute Gasteiger partial charge is 0.151 e. The van der Waals surface area contributed by atoms with E-state index in [1.165, 1.54) is 12.8 Å². The van der Waals surface area contributed by atoms with Crippen molar-refractivity contribution in [1.29, 1.82) is 5.26 Å². The molecule has 102 valence electrons. The molecule has 0 aliphatic heterocycles. The lowest BCUT2D eigenvalue weighted by atomic mass is 10.0. The molecule has 0 amide bonds. The minimum absolute atomic E-state index is 0.339. The molecular weight excluding hydrogens is 293 g/mol. The molecule has 1 saturated carbocycles. The fourth-order valence-corrected chi connectivity index (χ4v) is 3.27. The predicted octanol–water partition coefficient (Wildman–Crippen LogP) is 4.71. The summed E-state index contributed by atoms with van der Waals surface area (Å²) in [4.78, 5) is 0. The second kappa shape index (κ2) is 5.47. The van der Waals surface area contributed by atoms with Crippen molar-refractivity contribution in [2.45, 2.75) is 31.6 Å². The van der Waals surface area contributed by atoms with Gasteiger partial charge < -0.3 is 0 Å². The Morgan fingerprint density at radius 2 is 1.90 bits per heavy atom. The molecule has 1 heterocycles. The van der Waals surface area contributed by atoms with Crippen molar-refractivity contribution in [3.8, 4) is 11.8 Å². The van der Waals surface area contributed by atoms with Gasteiger partial charge in [0.25, 0.3) is 0 Å². The molecule has 3 rings (SSSR count). The van der Waals surface area contributed by atoms with Gasteiger partial charge in [-0.15, -0.1) is 0 Å². The lowest BCUT2D eigenvalue weighted by Gasteiger charge is -2.06. The van der Waals surface area contributed by atoms with E-state index in [9.17, 15) is 5.26 Å². The van der Waals surface area contributed by atoms with Gasteiger partial charge in [-0.2, -0.15) is 10.4 Å². The van der Waals surface area contributed by atoms with E-state index in [4.69, 9.17) is 23.2 Å². The van der Waals surface area contributed by atoms with Gasteiger partial charge in [0.2, 0.25) is 0 Å². The van der Waals surface area contributed by atoms with E-state index < -0.39 is 0 Å². The highest BCUT2D eigenvalue weighted by molar-refractivity contribution is 6.33. The summed E-state index contributed by atoms with van der Waals surface area (Å²) >= 11 is 12.5. The molecule has 2 aromatic rings. The van der Waals surface area contributed by atoms with Gasteiger partial charge in [-0.1, -0.05) is 48.2 Å². The van der Waals surface area contributed by atoms with Crippen LogP contribution in [-0.2, 0) is 0 Å². The number of nitrogens with zero attached hydrogens (tertiary/aromatic N) is 3. The van der Waals surface area contributed by atoms with Crippen molar-refractivity contribution >= 4 is 23.2 Å². The highest BCUT2D eigenvalue weighted by Crippen LogP contribution is 2.38. The first-order valence-corrected chi connectivity index (χ1v) is 7.41. The molecule has 0 atom stereocenters. The summed E-state index contributed by atoms with van der Waals surface area (Å²) in [6, 6.07) is 9.56. The Morgan fingerprint density at radius 1 is 1.20 bits per heavy atom. The second-order valence-corrected chi connectivity index (χ2v) is 5.77. The second-order valence-electron chi connectivity index (χ2n) is 5.01. The van der Waals surface area contributed by atoms with Crippen LogP contribution in [0.4, 0.5) is 0 Å². The van der Waals surface area contributed by atoms with Gasteiger partial charge in [0.05, 0.1) is 16.4 Å². The van der Waals surface area contributed by atoms with Crippen LogP contribution in [0.15, 0.2) is 24.3 Å². The molecule has 0 radical (unpaired) electrons. The minimum Gasteiger partial charge on any atom is -0.219 e. The van der Waals surface area contributed by atoms with Gasteiger partial charge in [0.15, 0.2) is 5.15 Å². The van der Waals surface area contributed by atoms with Gasteiger partial charge in [0, 0.05) is 5.92 Å². The summed E-state index contributed by atoms with van der Waals surface area (Å²) in [5.74, 6) is 0.339. The van der Waals surface area contributed by atoms with Crippen LogP contribution in [0.2, 0.25) is 10.2 Å². The van der Waals surface area contributed by atoms with Crippen molar-refractivity contribution in [3.05, 3.63) is 45.7 Å². The van der Waals surface area contributed by atoms with Gasteiger partial charge >= 0.3 is 0 Å². The number of benzene rings is 1. The van der Waals surface area contributed by atoms with Crippen LogP contribution < -0.4 is 0 Å². The van der Waals surface area contributed by atoms with Gasteiger partial charge in [-0.05, 0) is 25.0 Å². The molecule has 1 aliphatic rings. The van der Waals surface area contributed by atoms with E-state index in [1.54, 1.807) is 10.7 Å². The summed E-state index contributed by atoms with van der Waals surface area (Å²) in [6.07, 6.45) is 4.52. The van der Waals surface area contributed by atoms with Crippen LogP contribution in [0.5, 0.6) is 0 Å². The van der Waals surface area contributed by atoms with Crippen molar-refractivity contribution in [2.24, 2.45) is 0 Å². The summed E-state index contributed by atoms with van der Waals surface area (Å²) < 4.78 is 1.58. The van der Waals surface area contributed by atoms with Crippen LogP contribution in [0, 0.1) is 11.3 Å². The topological polar surface area (TPSA) is 41.6 Å². The standard InChI is InChI=1S/C15H13Cl2N3/c16-12-7-3-4-8-13(12)20-15(17)11(9-18)14(19-20)10-5-1-2-6-10/h3-4,7-8,10H,1-2,5-6H2.